The van der Waals surface area contributed by atoms with Gasteiger partial charge in [0, 0.05) is 50.6 Å². The van der Waals surface area contributed by atoms with Gasteiger partial charge in [-0.25, -0.2) is 9.78 Å². The Hall–Kier alpha value is -3.80. The lowest BCUT2D eigenvalue weighted by molar-refractivity contribution is -0.0298. The zero-order chi connectivity index (χ0) is 30.5. The Kier molecular flexibility index (Phi) is 9.54. The summed E-state index contributed by atoms with van der Waals surface area (Å²) in [5.74, 6) is 2.24. The zero-order valence-electron chi connectivity index (χ0n) is 26.3. The molecule has 2 aromatic heterocycles. The van der Waals surface area contributed by atoms with Gasteiger partial charge in [-0.15, -0.1) is 0 Å². The van der Waals surface area contributed by atoms with Gasteiger partial charge in [-0.1, -0.05) is 33.1 Å². The maximum absolute atomic E-state index is 12.4. The third-order valence-electron chi connectivity index (χ3n) is 8.71. The fourth-order valence-corrected chi connectivity index (χ4v) is 6.24. The molecule has 3 aliphatic rings. The fraction of sp³-hybridized carbons (Fsp3) is 0.625. The van der Waals surface area contributed by atoms with Crippen molar-refractivity contribution in [2.24, 2.45) is 5.92 Å². The fourth-order valence-electron chi connectivity index (χ4n) is 6.24. The topological polar surface area (TPSA) is 119 Å². The molecule has 1 atom stereocenters. The summed E-state index contributed by atoms with van der Waals surface area (Å²) in [6.45, 7) is 7.92. The Bertz CT molecular complexity index is 1410. The molecule has 1 aliphatic carbocycles. The van der Waals surface area contributed by atoms with Gasteiger partial charge in [0.1, 0.15) is 12.0 Å². The zero-order valence-corrected chi connectivity index (χ0v) is 26.3. The smallest absolute Gasteiger partial charge is 0.409 e. The highest BCUT2D eigenvalue weighted by molar-refractivity contribution is 5.85. The second-order valence-electron chi connectivity index (χ2n) is 12.5. The second kappa shape index (κ2) is 13.9. The molecular weight excluding hydrogens is 560 g/mol. The number of aromatic nitrogens is 4. The van der Waals surface area contributed by atoms with Gasteiger partial charge in [-0.2, -0.15) is 9.97 Å². The molecule has 12 nitrogen and oxygen atoms in total. The summed E-state index contributed by atoms with van der Waals surface area (Å²) in [6, 6.07) is 6.46. The standard InChI is InChI=1S/C32H46N8O4/c1-22(2)20-44-32(41)39-16-14-38(15-17-39)24-12-13-25(26(19-24)42-3)35-31-36-29(34-23-9-5-4-6-10-23)28-30(37-31)40(21-33-28)27-11-7-8-18-43-27/h12-13,19,21-23,27H,4-11,14-18,20H2,1-3H3,(H2,34,35,36,37). The molecule has 3 fully saturated rings. The molecule has 4 heterocycles. The SMILES string of the molecule is COc1cc(N2CCN(C(=O)OCC(C)C)CC2)ccc1Nc1nc(NC2CCCCC2)c2ncn(C3CCCCO3)c2n1. The Morgan fingerprint density at radius 3 is 2.57 bits per heavy atom. The van der Waals surface area contributed by atoms with E-state index in [1.54, 1.807) is 12.0 Å². The first-order valence-electron chi connectivity index (χ1n) is 16.2. The maximum Gasteiger partial charge on any atom is 0.409 e. The predicted octanol–water partition coefficient (Wildman–Crippen LogP) is 5.94. The predicted molar refractivity (Wildman–Crippen MR) is 171 cm³/mol. The average Bonchev–Trinajstić information content (AvgIpc) is 3.49. The van der Waals surface area contributed by atoms with E-state index in [9.17, 15) is 4.79 Å². The molecule has 12 heteroatoms. The van der Waals surface area contributed by atoms with Crippen molar-refractivity contribution in [2.45, 2.75) is 77.5 Å². The van der Waals surface area contributed by atoms with E-state index in [-0.39, 0.29) is 12.3 Å². The van der Waals surface area contributed by atoms with E-state index in [1.165, 1.54) is 19.3 Å². The van der Waals surface area contributed by atoms with Crippen LogP contribution in [0.1, 0.15) is 71.4 Å². The summed E-state index contributed by atoms with van der Waals surface area (Å²) in [5.41, 5.74) is 3.33. The number of carbonyl (C=O) groups excluding carboxylic acids is 1. The van der Waals surface area contributed by atoms with Crippen LogP contribution in [0.5, 0.6) is 5.75 Å². The highest BCUT2D eigenvalue weighted by Gasteiger charge is 2.25. The second-order valence-corrected chi connectivity index (χ2v) is 12.5. The van der Waals surface area contributed by atoms with E-state index in [1.807, 2.05) is 36.9 Å². The summed E-state index contributed by atoms with van der Waals surface area (Å²) in [4.78, 5) is 31.0. The number of ether oxygens (including phenoxy) is 3. The summed E-state index contributed by atoms with van der Waals surface area (Å²) >= 11 is 0. The number of nitrogens with zero attached hydrogens (tertiary/aromatic N) is 6. The molecule has 1 aromatic carbocycles. The Labute approximate surface area is 259 Å². The molecule has 1 amide bonds. The van der Waals surface area contributed by atoms with Crippen LogP contribution < -0.4 is 20.3 Å². The van der Waals surface area contributed by atoms with Gasteiger partial charge in [0.05, 0.1) is 25.7 Å². The van der Waals surface area contributed by atoms with Crippen LogP contribution in [0.15, 0.2) is 24.5 Å². The van der Waals surface area contributed by atoms with Crippen LogP contribution >= 0.6 is 0 Å². The number of hydrogen-bond acceptors (Lipinski definition) is 10. The monoisotopic (exact) mass is 606 g/mol. The van der Waals surface area contributed by atoms with Crippen LogP contribution in [-0.4, -0.2) is 83.1 Å². The maximum atomic E-state index is 12.4. The van der Waals surface area contributed by atoms with E-state index >= 15 is 0 Å². The van der Waals surface area contributed by atoms with Crippen molar-refractivity contribution < 1.29 is 19.0 Å². The Balaban J connectivity index is 1.21. The molecule has 3 aromatic rings. The largest absolute Gasteiger partial charge is 0.494 e. The van der Waals surface area contributed by atoms with Gasteiger partial charge in [-0.3, -0.25) is 4.57 Å². The van der Waals surface area contributed by atoms with Crippen LogP contribution in [-0.2, 0) is 9.47 Å². The minimum Gasteiger partial charge on any atom is -0.494 e. The molecular formula is C32H46N8O4. The molecule has 1 saturated carbocycles. The van der Waals surface area contributed by atoms with Crippen LogP contribution in [0.25, 0.3) is 11.2 Å². The molecule has 1 unspecified atom stereocenters. The van der Waals surface area contributed by atoms with Crippen molar-refractivity contribution in [1.82, 2.24) is 24.4 Å². The molecule has 0 spiro atoms. The molecule has 238 valence electrons. The molecule has 44 heavy (non-hydrogen) atoms. The highest BCUT2D eigenvalue weighted by Crippen LogP contribution is 2.34. The lowest BCUT2D eigenvalue weighted by Crippen LogP contribution is -2.49. The number of amides is 1. The molecule has 2 N–H and O–H groups in total. The molecule has 2 aliphatic heterocycles. The summed E-state index contributed by atoms with van der Waals surface area (Å²) in [5, 5.41) is 7.12. The van der Waals surface area contributed by atoms with Crippen LogP contribution in [0.3, 0.4) is 0 Å². The summed E-state index contributed by atoms with van der Waals surface area (Å²) in [7, 11) is 1.67. The number of hydrogen-bond donors (Lipinski definition) is 2. The number of nitrogens with one attached hydrogen (secondary N) is 2. The third-order valence-corrected chi connectivity index (χ3v) is 8.71. The van der Waals surface area contributed by atoms with E-state index in [0.717, 1.165) is 80.2 Å². The number of anilines is 4. The third kappa shape index (κ3) is 6.95. The Morgan fingerprint density at radius 2 is 1.84 bits per heavy atom. The quantitative estimate of drug-likeness (QED) is 0.303. The molecule has 0 radical (unpaired) electrons. The van der Waals surface area contributed by atoms with Gasteiger partial charge in [0.2, 0.25) is 5.95 Å². The molecule has 2 saturated heterocycles. The van der Waals surface area contributed by atoms with E-state index < -0.39 is 0 Å². The van der Waals surface area contributed by atoms with Crippen molar-refractivity contribution >= 4 is 40.4 Å². The van der Waals surface area contributed by atoms with E-state index in [0.29, 0.717) is 43.4 Å². The van der Waals surface area contributed by atoms with Crippen molar-refractivity contribution in [3.8, 4) is 5.75 Å². The van der Waals surface area contributed by atoms with Gasteiger partial charge >= 0.3 is 6.09 Å². The first kappa shape index (κ1) is 30.2. The van der Waals surface area contributed by atoms with Crippen molar-refractivity contribution in [2.75, 3.05) is 62.0 Å². The number of fused-ring (bicyclic) bond motifs is 1. The van der Waals surface area contributed by atoms with Crippen molar-refractivity contribution in [3.05, 3.63) is 24.5 Å². The van der Waals surface area contributed by atoms with E-state index in [2.05, 4.69) is 21.6 Å². The lowest BCUT2D eigenvalue weighted by Gasteiger charge is -2.35. The summed E-state index contributed by atoms with van der Waals surface area (Å²) < 4.78 is 19.4. The molecule has 6 rings (SSSR count). The van der Waals surface area contributed by atoms with Gasteiger partial charge in [-0.05, 0) is 50.2 Å². The van der Waals surface area contributed by atoms with Crippen LogP contribution in [0.2, 0.25) is 0 Å². The highest BCUT2D eigenvalue weighted by atomic mass is 16.6. The first-order chi connectivity index (χ1) is 21.5. The number of methoxy groups -OCH3 is 1. The van der Waals surface area contributed by atoms with Crippen LogP contribution in [0, 0.1) is 5.92 Å². The van der Waals surface area contributed by atoms with Crippen LogP contribution in [0.4, 0.5) is 27.9 Å². The summed E-state index contributed by atoms with van der Waals surface area (Å²) in [6.07, 6.45) is 10.7. The lowest BCUT2D eigenvalue weighted by atomic mass is 9.95. The number of imidazole rings is 1. The van der Waals surface area contributed by atoms with Gasteiger partial charge < -0.3 is 34.6 Å². The van der Waals surface area contributed by atoms with Crippen molar-refractivity contribution in [3.63, 3.8) is 0 Å². The number of piperazine rings is 1. The number of benzene rings is 1. The van der Waals surface area contributed by atoms with E-state index in [4.69, 9.17) is 29.2 Å². The minimum atomic E-state index is -0.235. The Morgan fingerprint density at radius 1 is 1.05 bits per heavy atom. The number of carbonyl (C=O) groups is 1. The van der Waals surface area contributed by atoms with Gasteiger partial charge in [0.25, 0.3) is 0 Å². The first-order valence-corrected chi connectivity index (χ1v) is 16.2. The average molecular weight is 607 g/mol. The minimum absolute atomic E-state index is 0.0784. The number of rotatable bonds is 9. The molecule has 0 bridgehead atoms. The van der Waals surface area contributed by atoms with Crippen molar-refractivity contribution in [1.29, 1.82) is 0 Å². The van der Waals surface area contributed by atoms with Gasteiger partial charge in [0.15, 0.2) is 17.0 Å². The normalized spacial score (nSPS) is 19.8.